The van der Waals surface area contributed by atoms with Crippen LogP contribution in [0.4, 0.5) is 8.78 Å². The lowest BCUT2D eigenvalue weighted by atomic mass is 10.1. The summed E-state index contributed by atoms with van der Waals surface area (Å²) in [5.41, 5.74) is 1.05. The van der Waals surface area contributed by atoms with E-state index in [2.05, 4.69) is 5.32 Å². The van der Waals surface area contributed by atoms with Gasteiger partial charge in [0, 0.05) is 30.8 Å². The van der Waals surface area contributed by atoms with Crippen LogP contribution in [0.5, 0.6) is 11.5 Å². The van der Waals surface area contributed by atoms with Crippen LogP contribution in [0.1, 0.15) is 11.1 Å². The van der Waals surface area contributed by atoms with Gasteiger partial charge in [-0.2, -0.15) is 0 Å². The summed E-state index contributed by atoms with van der Waals surface area (Å²) in [6, 6.07) is 8.71. The predicted molar refractivity (Wildman–Crippen MR) is 100.0 cm³/mol. The molecule has 0 fully saturated rings. The zero-order chi connectivity index (χ0) is 19.8. The molecule has 2 N–H and O–H groups in total. The van der Waals surface area contributed by atoms with Crippen molar-refractivity contribution in [2.45, 2.75) is 19.2 Å². The van der Waals surface area contributed by atoms with Gasteiger partial charge in [-0.05, 0) is 50.5 Å². The van der Waals surface area contributed by atoms with Crippen molar-refractivity contribution in [3.05, 3.63) is 59.2 Å². The Morgan fingerprint density at radius 3 is 2.52 bits per heavy atom. The summed E-state index contributed by atoms with van der Waals surface area (Å²) in [5.74, 6) is 0.317. The van der Waals surface area contributed by atoms with E-state index in [1.807, 2.05) is 25.1 Å². The number of rotatable bonds is 10. The van der Waals surface area contributed by atoms with Crippen LogP contribution in [0.2, 0.25) is 0 Å². The van der Waals surface area contributed by atoms with Crippen LogP contribution in [0.15, 0.2) is 36.4 Å². The zero-order valence-electron chi connectivity index (χ0n) is 15.8. The van der Waals surface area contributed by atoms with E-state index >= 15 is 0 Å². The van der Waals surface area contributed by atoms with Crippen molar-refractivity contribution in [1.82, 2.24) is 10.2 Å². The maximum atomic E-state index is 13.7. The summed E-state index contributed by atoms with van der Waals surface area (Å²) >= 11 is 0. The van der Waals surface area contributed by atoms with E-state index in [1.54, 1.807) is 19.2 Å². The third kappa shape index (κ3) is 6.78. The van der Waals surface area contributed by atoms with Crippen molar-refractivity contribution in [3.63, 3.8) is 0 Å². The van der Waals surface area contributed by atoms with E-state index in [0.29, 0.717) is 24.6 Å². The molecule has 0 unspecified atom stereocenters. The van der Waals surface area contributed by atoms with Gasteiger partial charge in [0.25, 0.3) is 0 Å². The fraction of sp³-hybridized carbons (Fsp3) is 0.400. The molecule has 0 aliphatic rings. The Labute approximate surface area is 158 Å². The van der Waals surface area contributed by atoms with Crippen LogP contribution in [0.3, 0.4) is 0 Å². The van der Waals surface area contributed by atoms with Crippen LogP contribution < -0.4 is 14.8 Å². The monoisotopic (exact) mass is 380 g/mol. The minimum absolute atomic E-state index is 0.149. The fourth-order valence-corrected chi connectivity index (χ4v) is 2.63. The van der Waals surface area contributed by atoms with Gasteiger partial charge < -0.3 is 24.8 Å². The Morgan fingerprint density at radius 1 is 1.07 bits per heavy atom. The van der Waals surface area contributed by atoms with Gasteiger partial charge >= 0.3 is 0 Å². The molecular formula is C20H26F2N2O3. The minimum atomic E-state index is -0.621. The van der Waals surface area contributed by atoms with Crippen LogP contribution in [-0.2, 0) is 13.1 Å². The van der Waals surface area contributed by atoms with Gasteiger partial charge in [0.2, 0.25) is 0 Å². The molecular weight excluding hydrogens is 354 g/mol. The molecule has 2 aromatic carbocycles. The van der Waals surface area contributed by atoms with Crippen molar-refractivity contribution in [2.24, 2.45) is 0 Å². The number of methoxy groups -OCH3 is 1. The molecule has 0 bridgehead atoms. The molecule has 0 saturated carbocycles. The van der Waals surface area contributed by atoms with Crippen LogP contribution in [0, 0.1) is 11.6 Å². The van der Waals surface area contributed by atoms with Crippen molar-refractivity contribution in [2.75, 3.05) is 34.4 Å². The molecule has 0 spiro atoms. The summed E-state index contributed by atoms with van der Waals surface area (Å²) in [5, 5.41) is 13.1. The molecule has 148 valence electrons. The lowest BCUT2D eigenvalue weighted by Crippen LogP contribution is -2.30. The molecule has 0 aromatic heterocycles. The Morgan fingerprint density at radius 2 is 1.81 bits per heavy atom. The Bertz CT molecular complexity index is 741. The van der Waals surface area contributed by atoms with Gasteiger partial charge in [-0.15, -0.1) is 0 Å². The maximum absolute atomic E-state index is 13.7. The maximum Gasteiger partial charge on any atom is 0.127 e. The third-order valence-electron chi connectivity index (χ3n) is 3.91. The number of halogens is 2. The number of hydrogen-bond acceptors (Lipinski definition) is 5. The number of aliphatic hydroxyl groups excluding tert-OH is 1. The first kappa shape index (κ1) is 21.1. The standard InChI is InChI=1S/C20H26F2N2O3/c1-24(2)12-17(25)13-27-20-7-5-18(26-3)9-15(20)11-23-10-14-8-16(21)4-6-19(14)22/h4-9,17,23,25H,10-13H2,1-3H3/t17-/m1/s1. The molecule has 0 amide bonds. The molecule has 7 heteroatoms. The minimum Gasteiger partial charge on any atom is -0.497 e. The Kier molecular flexibility index (Phi) is 7.97. The van der Waals surface area contributed by atoms with E-state index in [1.165, 1.54) is 6.07 Å². The molecule has 0 aliphatic heterocycles. The fourth-order valence-electron chi connectivity index (χ4n) is 2.63. The number of ether oxygens (including phenoxy) is 2. The first-order valence-corrected chi connectivity index (χ1v) is 8.66. The average Bonchev–Trinajstić information content (AvgIpc) is 2.62. The van der Waals surface area contributed by atoms with E-state index in [4.69, 9.17) is 9.47 Å². The van der Waals surface area contributed by atoms with Crippen molar-refractivity contribution < 1.29 is 23.4 Å². The first-order chi connectivity index (χ1) is 12.9. The van der Waals surface area contributed by atoms with Crippen LogP contribution >= 0.6 is 0 Å². The largest absolute Gasteiger partial charge is 0.497 e. The molecule has 0 radical (unpaired) electrons. The van der Waals surface area contributed by atoms with Gasteiger partial charge in [-0.25, -0.2) is 8.78 Å². The second-order valence-corrected chi connectivity index (χ2v) is 6.54. The van der Waals surface area contributed by atoms with Gasteiger partial charge in [0.15, 0.2) is 0 Å². The number of aliphatic hydroxyl groups is 1. The third-order valence-corrected chi connectivity index (χ3v) is 3.91. The second-order valence-electron chi connectivity index (χ2n) is 6.54. The molecule has 2 rings (SSSR count). The number of benzene rings is 2. The highest BCUT2D eigenvalue weighted by Gasteiger charge is 2.11. The number of nitrogens with one attached hydrogen (secondary N) is 1. The predicted octanol–water partition coefficient (Wildman–Crippen LogP) is 2.56. The zero-order valence-corrected chi connectivity index (χ0v) is 15.8. The second kappa shape index (κ2) is 10.2. The quantitative estimate of drug-likeness (QED) is 0.664. The van der Waals surface area contributed by atoms with Gasteiger partial charge in [-0.1, -0.05) is 0 Å². The van der Waals surface area contributed by atoms with Gasteiger partial charge in [-0.3, -0.25) is 0 Å². The van der Waals surface area contributed by atoms with Crippen LogP contribution in [0.25, 0.3) is 0 Å². The van der Waals surface area contributed by atoms with E-state index in [0.717, 1.165) is 17.7 Å². The average molecular weight is 380 g/mol. The summed E-state index contributed by atoms with van der Waals surface area (Å²) in [6.45, 7) is 1.17. The number of likely N-dealkylation sites (N-methyl/N-ethyl adjacent to an activating group) is 1. The van der Waals surface area contributed by atoms with E-state index in [-0.39, 0.29) is 18.7 Å². The molecule has 5 nitrogen and oxygen atoms in total. The lowest BCUT2D eigenvalue weighted by molar-refractivity contribution is 0.0826. The Hall–Kier alpha value is -2.22. The van der Waals surface area contributed by atoms with Crippen molar-refractivity contribution in [1.29, 1.82) is 0 Å². The SMILES string of the molecule is COc1ccc(OC[C@H](O)CN(C)C)c(CNCc2cc(F)ccc2F)c1. The molecule has 1 atom stereocenters. The Balaban J connectivity index is 2.01. The summed E-state index contributed by atoms with van der Waals surface area (Å²) < 4.78 is 38.0. The van der Waals surface area contributed by atoms with E-state index in [9.17, 15) is 13.9 Å². The summed E-state index contributed by atoms with van der Waals surface area (Å²) in [7, 11) is 5.31. The summed E-state index contributed by atoms with van der Waals surface area (Å²) in [4.78, 5) is 1.87. The molecule has 2 aromatic rings. The highest BCUT2D eigenvalue weighted by Crippen LogP contribution is 2.24. The molecule has 27 heavy (non-hydrogen) atoms. The van der Waals surface area contributed by atoms with Crippen molar-refractivity contribution >= 4 is 0 Å². The number of nitrogens with zero attached hydrogens (tertiary/aromatic N) is 1. The topological polar surface area (TPSA) is 54.0 Å². The first-order valence-electron chi connectivity index (χ1n) is 8.66. The van der Waals surface area contributed by atoms with Crippen molar-refractivity contribution in [3.8, 4) is 11.5 Å². The molecule has 0 heterocycles. The molecule has 0 aliphatic carbocycles. The van der Waals surface area contributed by atoms with Gasteiger partial charge in [0.05, 0.1) is 7.11 Å². The number of hydrogen-bond donors (Lipinski definition) is 2. The normalized spacial score (nSPS) is 12.3. The lowest BCUT2D eigenvalue weighted by Gasteiger charge is -2.18. The van der Waals surface area contributed by atoms with E-state index < -0.39 is 17.7 Å². The molecule has 0 saturated heterocycles. The summed E-state index contributed by atoms with van der Waals surface area (Å²) in [6.07, 6.45) is -0.621. The van der Waals surface area contributed by atoms with Gasteiger partial charge in [0.1, 0.15) is 35.8 Å². The smallest absolute Gasteiger partial charge is 0.127 e. The van der Waals surface area contributed by atoms with Crippen LogP contribution in [-0.4, -0.2) is 50.5 Å². The highest BCUT2D eigenvalue weighted by molar-refractivity contribution is 5.40. The highest BCUT2D eigenvalue weighted by atomic mass is 19.1.